The molecule has 21 heavy (non-hydrogen) atoms. The van der Waals surface area contributed by atoms with Crippen molar-refractivity contribution in [3.05, 3.63) is 34.4 Å². The first kappa shape index (κ1) is 17.1. The highest BCUT2D eigenvalue weighted by atomic mass is 19.2. The van der Waals surface area contributed by atoms with Gasteiger partial charge in [-0.05, 0) is 6.07 Å². The van der Waals surface area contributed by atoms with Crippen molar-refractivity contribution in [2.24, 2.45) is 0 Å². The Morgan fingerprint density at radius 3 is 2.24 bits per heavy atom. The average Bonchev–Trinajstić information content (AvgIpc) is 2.46. The van der Waals surface area contributed by atoms with Crippen molar-refractivity contribution >= 4 is 11.8 Å². The van der Waals surface area contributed by atoms with E-state index in [9.17, 15) is 22.8 Å². The maximum atomic E-state index is 14.0. The number of alkyl halides is 1. The van der Waals surface area contributed by atoms with E-state index >= 15 is 0 Å². The number of ether oxygens (including phenoxy) is 2. The second-order valence-electron chi connectivity index (χ2n) is 4.00. The molecule has 1 N–H and O–H groups in total. The Bertz CT molecular complexity index is 555. The molecule has 116 valence electrons. The number of aliphatic carboxylic acids is 1. The minimum Gasteiger partial charge on any atom is -0.475 e. The summed E-state index contributed by atoms with van der Waals surface area (Å²) in [6.45, 7) is -1.08. The van der Waals surface area contributed by atoms with Gasteiger partial charge in [0.15, 0.2) is 17.9 Å². The Labute approximate surface area is 118 Å². The first-order chi connectivity index (χ1) is 9.88. The van der Waals surface area contributed by atoms with E-state index in [1.807, 2.05) is 0 Å². The van der Waals surface area contributed by atoms with Gasteiger partial charge in [0.2, 0.25) is 0 Å². The van der Waals surface area contributed by atoms with E-state index in [0.29, 0.717) is 0 Å². The number of benzene rings is 1. The fourth-order valence-electron chi connectivity index (χ4n) is 1.86. The quantitative estimate of drug-likeness (QED) is 0.474. The molecule has 5 nitrogen and oxygen atoms in total. The molecule has 0 spiro atoms. The van der Waals surface area contributed by atoms with Crippen LogP contribution in [0.2, 0.25) is 0 Å². The lowest BCUT2D eigenvalue weighted by Gasteiger charge is -2.17. The number of ketones is 1. The van der Waals surface area contributed by atoms with Crippen LogP contribution in [0.1, 0.15) is 27.8 Å². The topological polar surface area (TPSA) is 72.8 Å². The zero-order valence-corrected chi connectivity index (χ0v) is 11.3. The Morgan fingerprint density at radius 2 is 1.81 bits per heavy atom. The zero-order chi connectivity index (χ0) is 16.2. The summed E-state index contributed by atoms with van der Waals surface area (Å²) >= 11 is 0. The summed E-state index contributed by atoms with van der Waals surface area (Å²) in [5.74, 6) is -6.20. The summed E-state index contributed by atoms with van der Waals surface area (Å²) < 4.78 is 49.8. The van der Waals surface area contributed by atoms with E-state index in [0.717, 1.165) is 20.3 Å². The van der Waals surface area contributed by atoms with Gasteiger partial charge in [-0.25, -0.2) is 13.6 Å². The molecule has 0 aliphatic rings. The number of Topliss-reactive ketones (excluding diaryl/α,β-unsaturated/α-hetero) is 1. The molecule has 0 atom stereocenters. The van der Waals surface area contributed by atoms with Crippen LogP contribution in [0.25, 0.3) is 0 Å². The third kappa shape index (κ3) is 3.40. The molecule has 0 saturated heterocycles. The summed E-state index contributed by atoms with van der Waals surface area (Å²) in [7, 11) is 2.30. The van der Waals surface area contributed by atoms with E-state index in [4.69, 9.17) is 14.6 Å². The maximum absolute atomic E-state index is 14.0. The van der Waals surface area contributed by atoms with Crippen LogP contribution >= 0.6 is 0 Å². The van der Waals surface area contributed by atoms with Gasteiger partial charge in [0.1, 0.15) is 0 Å². The Kier molecular flexibility index (Phi) is 5.86. The van der Waals surface area contributed by atoms with E-state index in [-0.39, 0.29) is 0 Å². The van der Waals surface area contributed by atoms with Crippen molar-refractivity contribution in [2.45, 2.75) is 12.7 Å². The van der Waals surface area contributed by atoms with Crippen LogP contribution in [0.5, 0.6) is 0 Å². The normalized spacial score (nSPS) is 11.0. The lowest BCUT2D eigenvalue weighted by atomic mass is 9.96. The minimum atomic E-state index is -1.86. The number of halogens is 3. The molecule has 0 heterocycles. The van der Waals surface area contributed by atoms with Crippen LogP contribution in [0.15, 0.2) is 6.07 Å². The summed E-state index contributed by atoms with van der Waals surface area (Å²) in [6.07, 6.45) is -1.96. The van der Waals surface area contributed by atoms with Crippen LogP contribution < -0.4 is 0 Å². The SMILES string of the molecule is COC(OC)c1cc(C(=O)C(=O)O)c(CCF)c(F)c1F. The molecule has 0 aromatic heterocycles. The fourth-order valence-corrected chi connectivity index (χ4v) is 1.86. The molecule has 0 unspecified atom stereocenters. The van der Waals surface area contributed by atoms with Gasteiger partial charge in [-0.15, -0.1) is 0 Å². The molecule has 1 aromatic rings. The van der Waals surface area contributed by atoms with Crippen molar-refractivity contribution in [3.8, 4) is 0 Å². The summed E-state index contributed by atoms with van der Waals surface area (Å²) in [5.41, 5.74) is -1.74. The predicted molar refractivity (Wildman–Crippen MR) is 64.8 cm³/mol. The number of hydrogen-bond acceptors (Lipinski definition) is 4. The number of rotatable bonds is 7. The molecule has 1 aromatic carbocycles. The van der Waals surface area contributed by atoms with E-state index in [1.165, 1.54) is 0 Å². The first-order valence-electron chi connectivity index (χ1n) is 5.78. The molecule has 0 fully saturated rings. The molecule has 0 aliphatic carbocycles. The highest BCUT2D eigenvalue weighted by Gasteiger charge is 2.28. The summed E-state index contributed by atoms with van der Waals surface area (Å²) in [4.78, 5) is 22.3. The van der Waals surface area contributed by atoms with Gasteiger partial charge < -0.3 is 14.6 Å². The van der Waals surface area contributed by atoms with Gasteiger partial charge >= 0.3 is 5.97 Å². The van der Waals surface area contributed by atoms with E-state index in [2.05, 4.69) is 0 Å². The van der Waals surface area contributed by atoms with Gasteiger partial charge in [-0.2, -0.15) is 0 Å². The monoisotopic (exact) mass is 306 g/mol. The average molecular weight is 306 g/mol. The number of carbonyl (C=O) groups is 2. The van der Waals surface area contributed by atoms with Gasteiger partial charge in [0, 0.05) is 37.3 Å². The van der Waals surface area contributed by atoms with Crippen molar-refractivity contribution in [3.63, 3.8) is 0 Å². The van der Waals surface area contributed by atoms with Gasteiger partial charge in [-0.3, -0.25) is 9.18 Å². The predicted octanol–water partition coefficient (Wildman–Crippen LogP) is 2.04. The number of methoxy groups -OCH3 is 2. The lowest BCUT2D eigenvalue weighted by Crippen LogP contribution is -2.19. The van der Waals surface area contributed by atoms with E-state index < -0.39 is 59.5 Å². The minimum absolute atomic E-state index is 0.482. The molecule has 0 aliphatic heterocycles. The molecule has 1 rings (SSSR count). The molecular weight excluding hydrogens is 293 g/mol. The lowest BCUT2D eigenvalue weighted by molar-refractivity contribution is -0.131. The van der Waals surface area contributed by atoms with E-state index in [1.54, 1.807) is 0 Å². The Balaban J connectivity index is 3.58. The molecule has 8 heteroatoms. The second-order valence-corrected chi connectivity index (χ2v) is 4.00. The summed E-state index contributed by atoms with van der Waals surface area (Å²) in [5, 5.41) is 8.71. The number of carboxylic acids is 1. The van der Waals surface area contributed by atoms with Gasteiger partial charge in [0.05, 0.1) is 6.67 Å². The van der Waals surface area contributed by atoms with Crippen LogP contribution in [0, 0.1) is 11.6 Å². The number of carboxylic acid groups (broad SMARTS) is 1. The van der Waals surface area contributed by atoms with Crippen molar-refractivity contribution in [1.29, 1.82) is 0 Å². The standard InChI is InChI=1S/C13H13F3O5/c1-20-13(21-2)8-5-7(11(17)12(18)19)6(3-4-14)9(15)10(8)16/h5,13H,3-4H2,1-2H3,(H,18,19). The molecule has 0 radical (unpaired) electrons. The number of carbonyl (C=O) groups excluding carboxylic acids is 1. The largest absolute Gasteiger partial charge is 0.475 e. The molecule has 0 saturated carbocycles. The Hall–Kier alpha value is -1.93. The van der Waals surface area contributed by atoms with Gasteiger partial charge in [0.25, 0.3) is 5.78 Å². The smallest absolute Gasteiger partial charge is 0.377 e. The molecule has 0 amide bonds. The van der Waals surface area contributed by atoms with Crippen molar-refractivity contribution < 1.29 is 37.3 Å². The summed E-state index contributed by atoms with van der Waals surface area (Å²) in [6, 6.07) is 0.803. The third-order valence-corrected chi connectivity index (χ3v) is 2.80. The molecular formula is C13H13F3O5. The highest BCUT2D eigenvalue weighted by Crippen LogP contribution is 2.28. The van der Waals surface area contributed by atoms with Crippen molar-refractivity contribution in [1.82, 2.24) is 0 Å². The zero-order valence-electron chi connectivity index (χ0n) is 11.3. The first-order valence-corrected chi connectivity index (χ1v) is 5.78. The van der Waals surface area contributed by atoms with Crippen LogP contribution in [0.3, 0.4) is 0 Å². The second kappa shape index (κ2) is 7.19. The third-order valence-electron chi connectivity index (χ3n) is 2.80. The Morgan fingerprint density at radius 1 is 1.24 bits per heavy atom. The van der Waals surface area contributed by atoms with Crippen LogP contribution in [-0.2, 0) is 20.7 Å². The van der Waals surface area contributed by atoms with Crippen LogP contribution in [0.4, 0.5) is 13.2 Å². The highest BCUT2D eigenvalue weighted by molar-refractivity contribution is 6.40. The van der Waals surface area contributed by atoms with Crippen LogP contribution in [-0.4, -0.2) is 37.8 Å². The molecule has 0 bridgehead atoms. The van der Waals surface area contributed by atoms with Gasteiger partial charge in [-0.1, -0.05) is 0 Å². The number of hydrogen-bond donors (Lipinski definition) is 1. The fraction of sp³-hybridized carbons (Fsp3) is 0.385. The van der Waals surface area contributed by atoms with Crippen molar-refractivity contribution in [2.75, 3.05) is 20.9 Å². The maximum Gasteiger partial charge on any atom is 0.377 e.